The van der Waals surface area contributed by atoms with Gasteiger partial charge in [0, 0.05) is 50.3 Å². The number of carbonyl (C=O) groups excluding carboxylic acids is 2. The maximum atomic E-state index is 13.9. The topological polar surface area (TPSA) is 88.8 Å². The van der Waals surface area contributed by atoms with Crippen LogP contribution >= 0.6 is 0 Å². The number of rotatable bonds is 4. The van der Waals surface area contributed by atoms with Crippen LogP contribution in [0.5, 0.6) is 0 Å². The summed E-state index contributed by atoms with van der Waals surface area (Å²) in [5.74, 6) is -0.141. The number of fused-ring (bicyclic) bond motifs is 1. The van der Waals surface area contributed by atoms with Crippen molar-refractivity contribution in [3.8, 4) is 0 Å². The fourth-order valence-electron chi connectivity index (χ4n) is 4.56. The Morgan fingerprint density at radius 2 is 2.07 bits per heavy atom. The Morgan fingerprint density at radius 1 is 1.24 bits per heavy atom. The highest BCUT2D eigenvalue weighted by Gasteiger charge is 2.50. The molecule has 0 aliphatic carbocycles. The van der Waals surface area contributed by atoms with E-state index in [0.29, 0.717) is 31.0 Å². The highest BCUT2D eigenvalue weighted by molar-refractivity contribution is 5.95. The summed E-state index contributed by atoms with van der Waals surface area (Å²) in [5, 5.41) is 0. The smallest absolute Gasteiger partial charge is 0.254 e. The van der Waals surface area contributed by atoms with Crippen LogP contribution in [0.25, 0.3) is 0 Å². The van der Waals surface area contributed by atoms with Crippen molar-refractivity contribution in [3.63, 3.8) is 0 Å². The van der Waals surface area contributed by atoms with E-state index in [4.69, 9.17) is 10.5 Å². The fraction of sp³-hybridized carbons (Fsp3) is 0.381. The lowest BCUT2D eigenvalue weighted by Crippen LogP contribution is -2.38. The molecule has 2 saturated heterocycles. The fourth-order valence-corrected chi connectivity index (χ4v) is 4.56. The summed E-state index contributed by atoms with van der Waals surface area (Å²) in [4.78, 5) is 33.0. The second-order valence-electron chi connectivity index (χ2n) is 7.58. The van der Waals surface area contributed by atoms with Crippen molar-refractivity contribution < 1.29 is 18.7 Å². The average molecular weight is 398 g/mol. The van der Waals surface area contributed by atoms with E-state index in [0.717, 1.165) is 5.56 Å². The molecule has 3 atom stereocenters. The molecule has 1 aromatic heterocycles. The van der Waals surface area contributed by atoms with Gasteiger partial charge >= 0.3 is 0 Å². The number of pyridine rings is 1. The normalized spacial score (nSPS) is 23.3. The molecule has 0 saturated carbocycles. The molecule has 2 aromatic rings. The van der Waals surface area contributed by atoms with Gasteiger partial charge in [-0.3, -0.25) is 9.59 Å². The maximum absolute atomic E-state index is 13.9. The standard InChI is InChI=1S/C21H23FN4O3/c1-29-12-19(27)26-10-15-9-25(21(28)14-5-6-24-18(23)8-14)11-17(15)20(26)13-3-2-4-16(22)7-13/h2-8,15,17,20H,9-12H2,1H3,(H2,23,24)/t15-,17-,20+/m1/s1. The lowest BCUT2D eigenvalue weighted by molar-refractivity contribution is -0.136. The van der Waals surface area contributed by atoms with E-state index in [1.807, 2.05) is 6.07 Å². The number of carbonyl (C=O) groups is 2. The van der Waals surface area contributed by atoms with Crippen LogP contribution in [0.1, 0.15) is 22.0 Å². The van der Waals surface area contributed by atoms with Crippen molar-refractivity contribution in [1.29, 1.82) is 0 Å². The molecule has 2 aliphatic rings. The summed E-state index contributed by atoms with van der Waals surface area (Å²) in [7, 11) is 1.48. The molecule has 7 nitrogen and oxygen atoms in total. The van der Waals surface area contributed by atoms with Gasteiger partial charge in [-0.2, -0.15) is 0 Å². The van der Waals surface area contributed by atoms with Crippen molar-refractivity contribution >= 4 is 17.6 Å². The minimum atomic E-state index is -0.344. The van der Waals surface area contributed by atoms with Crippen LogP contribution in [0.4, 0.5) is 10.2 Å². The summed E-state index contributed by atoms with van der Waals surface area (Å²) in [5.41, 5.74) is 6.94. The third-order valence-electron chi connectivity index (χ3n) is 5.76. The minimum Gasteiger partial charge on any atom is -0.384 e. The van der Waals surface area contributed by atoms with Gasteiger partial charge in [-0.25, -0.2) is 9.37 Å². The second kappa shape index (κ2) is 7.79. The number of aromatic nitrogens is 1. The lowest BCUT2D eigenvalue weighted by atomic mass is 9.89. The number of benzene rings is 1. The molecule has 0 unspecified atom stereocenters. The Balaban J connectivity index is 1.60. The van der Waals surface area contributed by atoms with Gasteiger partial charge in [0.15, 0.2) is 0 Å². The van der Waals surface area contributed by atoms with Gasteiger partial charge in [0.25, 0.3) is 5.91 Å². The number of halogens is 1. The molecule has 29 heavy (non-hydrogen) atoms. The number of hydrogen-bond acceptors (Lipinski definition) is 5. The molecule has 0 spiro atoms. The number of likely N-dealkylation sites (tertiary alicyclic amines) is 2. The van der Waals surface area contributed by atoms with E-state index in [2.05, 4.69) is 4.98 Å². The van der Waals surface area contributed by atoms with Gasteiger partial charge < -0.3 is 20.3 Å². The van der Waals surface area contributed by atoms with E-state index >= 15 is 0 Å². The van der Waals surface area contributed by atoms with E-state index in [9.17, 15) is 14.0 Å². The van der Waals surface area contributed by atoms with E-state index < -0.39 is 0 Å². The summed E-state index contributed by atoms with van der Waals surface area (Å²) in [6.45, 7) is 1.51. The molecule has 2 N–H and O–H groups in total. The van der Waals surface area contributed by atoms with Crippen LogP contribution in [0.3, 0.4) is 0 Å². The molecule has 2 fully saturated rings. The number of nitrogens with zero attached hydrogens (tertiary/aromatic N) is 3. The maximum Gasteiger partial charge on any atom is 0.254 e. The molecule has 4 rings (SSSR count). The van der Waals surface area contributed by atoms with Crippen molar-refractivity contribution in [1.82, 2.24) is 14.8 Å². The Bertz CT molecular complexity index is 938. The Labute approximate surface area is 168 Å². The van der Waals surface area contributed by atoms with Crippen molar-refractivity contribution in [3.05, 3.63) is 59.5 Å². The SMILES string of the molecule is COCC(=O)N1C[C@H]2CN(C(=O)c3ccnc(N)c3)C[C@H]2[C@@H]1c1cccc(F)c1. The number of nitrogen functional groups attached to an aromatic ring is 1. The molecule has 8 heteroatoms. The Morgan fingerprint density at radius 3 is 2.79 bits per heavy atom. The largest absolute Gasteiger partial charge is 0.384 e. The number of nitrogens with two attached hydrogens (primary N) is 1. The Kier molecular flexibility index (Phi) is 5.19. The molecular formula is C21H23FN4O3. The van der Waals surface area contributed by atoms with E-state index in [-0.39, 0.29) is 42.1 Å². The first-order valence-electron chi connectivity index (χ1n) is 9.52. The monoisotopic (exact) mass is 398 g/mol. The summed E-state index contributed by atoms with van der Waals surface area (Å²) >= 11 is 0. The third-order valence-corrected chi connectivity index (χ3v) is 5.76. The molecule has 0 bridgehead atoms. The number of anilines is 1. The van der Waals surface area contributed by atoms with Crippen molar-refractivity contribution in [2.45, 2.75) is 6.04 Å². The van der Waals surface area contributed by atoms with Gasteiger partial charge in [0.05, 0.1) is 6.04 Å². The molecule has 2 amide bonds. The number of methoxy groups -OCH3 is 1. The molecule has 152 valence electrons. The summed E-state index contributed by atoms with van der Waals surface area (Å²) in [6.07, 6.45) is 1.51. The number of amides is 2. The van der Waals surface area contributed by atoms with Crippen LogP contribution in [-0.2, 0) is 9.53 Å². The number of ether oxygens (including phenoxy) is 1. The van der Waals surface area contributed by atoms with Crippen LogP contribution in [0.2, 0.25) is 0 Å². The zero-order chi connectivity index (χ0) is 20.5. The van der Waals surface area contributed by atoms with Crippen molar-refractivity contribution in [2.24, 2.45) is 11.8 Å². The van der Waals surface area contributed by atoms with Crippen LogP contribution < -0.4 is 5.73 Å². The van der Waals surface area contributed by atoms with E-state index in [1.54, 1.807) is 28.0 Å². The molecular weight excluding hydrogens is 375 g/mol. The highest BCUT2D eigenvalue weighted by Crippen LogP contribution is 2.45. The predicted molar refractivity (Wildman–Crippen MR) is 104 cm³/mol. The molecule has 3 heterocycles. The zero-order valence-electron chi connectivity index (χ0n) is 16.1. The average Bonchev–Trinajstić information content (AvgIpc) is 3.25. The predicted octanol–water partition coefficient (Wildman–Crippen LogP) is 1.72. The molecule has 0 radical (unpaired) electrons. The lowest BCUT2D eigenvalue weighted by Gasteiger charge is -2.30. The first-order chi connectivity index (χ1) is 14.0. The van der Waals surface area contributed by atoms with E-state index in [1.165, 1.54) is 25.4 Å². The molecule has 1 aromatic carbocycles. The first kappa shape index (κ1) is 19.3. The minimum absolute atomic E-state index is 0.0236. The van der Waals surface area contributed by atoms with Crippen molar-refractivity contribution in [2.75, 3.05) is 39.1 Å². The van der Waals surface area contributed by atoms with Crippen LogP contribution in [-0.4, -0.2) is 59.9 Å². The molecule has 2 aliphatic heterocycles. The van der Waals surface area contributed by atoms with Crippen LogP contribution in [0.15, 0.2) is 42.6 Å². The summed E-state index contributed by atoms with van der Waals surface area (Å²) < 4.78 is 18.9. The van der Waals surface area contributed by atoms with Gasteiger partial charge in [-0.05, 0) is 29.8 Å². The third kappa shape index (κ3) is 3.67. The second-order valence-corrected chi connectivity index (χ2v) is 7.58. The quantitative estimate of drug-likeness (QED) is 0.847. The zero-order valence-corrected chi connectivity index (χ0v) is 16.1. The first-order valence-corrected chi connectivity index (χ1v) is 9.52. The van der Waals surface area contributed by atoms with Gasteiger partial charge in [0.2, 0.25) is 5.91 Å². The van der Waals surface area contributed by atoms with Crippen LogP contribution in [0, 0.1) is 17.7 Å². The van der Waals surface area contributed by atoms with Gasteiger partial charge in [-0.1, -0.05) is 12.1 Å². The van der Waals surface area contributed by atoms with Gasteiger partial charge in [0.1, 0.15) is 18.2 Å². The van der Waals surface area contributed by atoms with Gasteiger partial charge in [-0.15, -0.1) is 0 Å². The number of hydrogen-bond donors (Lipinski definition) is 1. The Hall–Kier alpha value is -3.00. The highest BCUT2D eigenvalue weighted by atomic mass is 19.1. The summed E-state index contributed by atoms with van der Waals surface area (Å²) in [6, 6.07) is 9.24.